The molecular formula is C28H28N2. The first-order chi connectivity index (χ1) is 14.7. The summed E-state index contributed by atoms with van der Waals surface area (Å²) < 4.78 is 0. The lowest BCUT2D eigenvalue weighted by Gasteiger charge is -2.44. The van der Waals surface area contributed by atoms with Gasteiger partial charge in [0.05, 0.1) is 12.7 Å². The highest BCUT2D eigenvalue weighted by molar-refractivity contribution is 5.86. The van der Waals surface area contributed by atoms with Crippen LogP contribution in [0.5, 0.6) is 0 Å². The molecule has 0 spiro atoms. The van der Waals surface area contributed by atoms with Gasteiger partial charge >= 0.3 is 0 Å². The van der Waals surface area contributed by atoms with E-state index in [9.17, 15) is 0 Å². The molecule has 0 saturated heterocycles. The Morgan fingerprint density at radius 2 is 1.37 bits per heavy atom. The van der Waals surface area contributed by atoms with Crippen molar-refractivity contribution in [3.8, 4) is 0 Å². The SMILES string of the molecule is CC(c1cccc2ccccc12)N1Cc2ccccc2N(C(C)c2ccccc2)C1. The first-order valence-electron chi connectivity index (χ1n) is 10.8. The monoisotopic (exact) mass is 392 g/mol. The van der Waals surface area contributed by atoms with Crippen LogP contribution in [0.25, 0.3) is 10.8 Å². The predicted octanol–water partition coefficient (Wildman–Crippen LogP) is 6.94. The highest BCUT2D eigenvalue weighted by Gasteiger charge is 2.29. The molecule has 5 rings (SSSR count). The van der Waals surface area contributed by atoms with Gasteiger partial charge in [-0.05, 0) is 47.4 Å². The largest absolute Gasteiger partial charge is 0.351 e. The van der Waals surface area contributed by atoms with Crippen LogP contribution < -0.4 is 4.90 Å². The molecule has 0 aromatic heterocycles. The molecule has 0 radical (unpaired) electrons. The lowest BCUT2D eigenvalue weighted by Crippen LogP contribution is -2.44. The first-order valence-corrected chi connectivity index (χ1v) is 10.8. The number of benzene rings is 4. The maximum atomic E-state index is 2.60. The van der Waals surface area contributed by atoms with Crippen molar-refractivity contribution in [3.63, 3.8) is 0 Å². The first kappa shape index (κ1) is 18.9. The third kappa shape index (κ3) is 3.38. The van der Waals surface area contributed by atoms with E-state index in [1.165, 1.54) is 33.2 Å². The van der Waals surface area contributed by atoms with Gasteiger partial charge in [-0.15, -0.1) is 0 Å². The van der Waals surface area contributed by atoms with E-state index >= 15 is 0 Å². The van der Waals surface area contributed by atoms with E-state index in [1.54, 1.807) is 0 Å². The van der Waals surface area contributed by atoms with Gasteiger partial charge in [0.25, 0.3) is 0 Å². The zero-order valence-electron chi connectivity index (χ0n) is 17.7. The Balaban J connectivity index is 1.52. The molecule has 0 fully saturated rings. The minimum Gasteiger partial charge on any atom is -0.351 e. The molecule has 30 heavy (non-hydrogen) atoms. The zero-order valence-corrected chi connectivity index (χ0v) is 17.7. The van der Waals surface area contributed by atoms with Gasteiger partial charge < -0.3 is 4.90 Å². The molecule has 2 atom stereocenters. The van der Waals surface area contributed by atoms with Crippen molar-refractivity contribution in [1.82, 2.24) is 4.90 Å². The van der Waals surface area contributed by atoms with E-state index < -0.39 is 0 Å². The fraction of sp³-hybridized carbons (Fsp3) is 0.214. The average molecular weight is 393 g/mol. The van der Waals surface area contributed by atoms with E-state index in [1.807, 2.05) is 0 Å². The Hall–Kier alpha value is -3.10. The van der Waals surface area contributed by atoms with Crippen LogP contribution in [0.4, 0.5) is 5.69 Å². The molecule has 2 heteroatoms. The third-order valence-corrected chi connectivity index (χ3v) is 6.58. The highest BCUT2D eigenvalue weighted by Crippen LogP contribution is 2.38. The molecule has 1 aliphatic heterocycles. The van der Waals surface area contributed by atoms with Crippen LogP contribution in [0.3, 0.4) is 0 Å². The van der Waals surface area contributed by atoms with Crippen molar-refractivity contribution < 1.29 is 0 Å². The molecule has 0 bridgehead atoms. The summed E-state index contributed by atoms with van der Waals surface area (Å²) in [6, 6.07) is 35.8. The van der Waals surface area contributed by atoms with Crippen molar-refractivity contribution >= 4 is 16.5 Å². The fourth-order valence-corrected chi connectivity index (χ4v) is 4.78. The molecule has 0 N–H and O–H groups in total. The number of fused-ring (bicyclic) bond motifs is 2. The number of rotatable bonds is 4. The van der Waals surface area contributed by atoms with Crippen LogP contribution in [0, 0.1) is 0 Å². The minimum absolute atomic E-state index is 0.315. The van der Waals surface area contributed by atoms with Crippen LogP contribution in [0.1, 0.15) is 42.6 Å². The van der Waals surface area contributed by atoms with Gasteiger partial charge in [0.1, 0.15) is 0 Å². The number of para-hydroxylation sites is 1. The maximum absolute atomic E-state index is 2.60. The molecule has 1 aliphatic rings. The van der Waals surface area contributed by atoms with Gasteiger partial charge in [-0.25, -0.2) is 0 Å². The van der Waals surface area contributed by atoms with Gasteiger partial charge in [-0.1, -0.05) is 91.0 Å². The van der Waals surface area contributed by atoms with E-state index in [0.29, 0.717) is 12.1 Å². The Labute approximate surface area is 179 Å². The number of hydrogen-bond acceptors (Lipinski definition) is 2. The third-order valence-electron chi connectivity index (χ3n) is 6.58. The van der Waals surface area contributed by atoms with Crippen LogP contribution in [-0.2, 0) is 6.54 Å². The summed E-state index contributed by atoms with van der Waals surface area (Å²) in [5.74, 6) is 0. The molecule has 2 nitrogen and oxygen atoms in total. The summed E-state index contributed by atoms with van der Waals surface area (Å²) in [4.78, 5) is 5.15. The molecule has 0 aliphatic carbocycles. The summed E-state index contributed by atoms with van der Waals surface area (Å²) in [5.41, 5.74) is 5.51. The van der Waals surface area contributed by atoms with Crippen LogP contribution in [-0.4, -0.2) is 11.6 Å². The van der Waals surface area contributed by atoms with E-state index in [0.717, 1.165) is 13.2 Å². The van der Waals surface area contributed by atoms with Crippen LogP contribution >= 0.6 is 0 Å². The minimum atomic E-state index is 0.315. The molecule has 1 heterocycles. The molecule has 0 amide bonds. The Bertz CT molecular complexity index is 1150. The quantitative estimate of drug-likeness (QED) is 0.371. The zero-order chi connectivity index (χ0) is 20.5. The highest BCUT2D eigenvalue weighted by atomic mass is 15.4. The second-order valence-corrected chi connectivity index (χ2v) is 8.32. The molecular weight excluding hydrogens is 364 g/mol. The Kier molecular flexibility index (Phi) is 5.02. The van der Waals surface area contributed by atoms with Gasteiger partial charge in [0.15, 0.2) is 0 Å². The van der Waals surface area contributed by atoms with Gasteiger partial charge in [0, 0.05) is 18.3 Å². The summed E-state index contributed by atoms with van der Waals surface area (Å²) >= 11 is 0. The molecule has 150 valence electrons. The van der Waals surface area contributed by atoms with Crippen LogP contribution in [0.15, 0.2) is 97.1 Å². The van der Waals surface area contributed by atoms with Crippen molar-refractivity contribution in [1.29, 1.82) is 0 Å². The molecule has 2 unspecified atom stereocenters. The van der Waals surface area contributed by atoms with Gasteiger partial charge in [-0.2, -0.15) is 0 Å². The molecule has 4 aromatic carbocycles. The van der Waals surface area contributed by atoms with Gasteiger partial charge in [0.2, 0.25) is 0 Å². The summed E-state index contributed by atoms with van der Waals surface area (Å²) in [5, 5.41) is 2.67. The normalized spacial score (nSPS) is 16.3. The Morgan fingerprint density at radius 3 is 2.23 bits per heavy atom. The summed E-state index contributed by atoms with van der Waals surface area (Å²) in [6.45, 7) is 6.55. The number of nitrogens with zero attached hydrogens (tertiary/aromatic N) is 2. The van der Waals surface area contributed by atoms with Crippen molar-refractivity contribution in [2.45, 2.75) is 32.5 Å². The predicted molar refractivity (Wildman–Crippen MR) is 127 cm³/mol. The topological polar surface area (TPSA) is 6.48 Å². The standard InChI is InChI=1S/C28H28N2/c1-21(23-11-4-3-5-12-23)30-20-29(19-25-14-7-9-18-28(25)30)22(2)26-17-10-15-24-13-6-8-16-27(24)26/h3-18,21-22H,19-20H2,1-2H3. The van der Waals surface area contributed by atoms with Crippen molar-refractivity contribution in [2.75, 3.05) is 11.6 Å². The number of hydrogen-bond donors (Lipinski definition) is 0. The lowest BCUT2D eigenvalue weighted by atomic mass is 9.97. The van der Waals surface area contributed by atoms with Crippen molar-refractivity contribution in [2.24, 2.45) is 0 Å². The fourth-order valence-electron chi connectivity index (χ4n) is 4.78. The van der Waals surface area contributed by atoms with E-state index in [4.69, 9.17) is 0 Å². The number of anilines is 1. The second-order valence-electron chi connectivity index (χ2n) is 8.32. The summed E-state index contributed by atoms with van der Waals surface area (Å²) in [6.07, 6.45) is 0. The van der Waals surface area contributed by atoms with Crippen molar-refractivity contribution in [3.05, 3.63) is 114 Å². The summed E-state index contributed by atoms with van der Waals surface area (Å²) in [7, 11) is 0. The van der Waals surface area contributed by atoms with E-state index in [-0.39, 0.29) is 0 Å². The molecule has 0 saturated carbocycles. The van der Waals surface area contributed by atoms with Gasteiger partial charge in [-0.3, -0.25) is 4.90 Å². The Morgan fingerprint density at radius 1 is 0.667 bits per heavy atom. The van der Waals surface area contributed by atoms with Crippen LogP contribution in [0.2, 0.25) is 0 Å². The smallest absolute Gasteiger partial charge is 0.0721 e. The second kappa shape index (κ2) is 7.97. The lowest BCUT2D eigenvalue weighted by molar-refractivity contribution is 0.186. The maximum Gasteiger partial charge on any atom is 0.0721 e. The average Bonchev–Trinajstić information content (AvgIpc) is 2.82. The molecule has 4 aromatic rings. The van der Waals surface area contributed by atoms with E-state index in [2.05, 4.69) is 121 Å².